The molecule has 0 saturated carbocycles. The summed E-state index contributed by atoms with van der Waals surface area (Å²) in [6.45, 7) is 3.17. The summed E-state index contributed by atoms with van der Waals surface area (Å²) in [7, 11) is 0. The number of hydrogen-bond donors (Lipinski definition) is 1. The molecule has 0 bridgehead atoms. The van der Waals surface area contributed by atoms with Gasteiger partial charge in [0.25, 0.3) is 5.91 Å². The Morgan fingerprint density at radius 1 is 1.36 bits per heavy atom. The van der Waals surface area contributed by atoms with Crippen LogP contribution in [-0.4, -0.2) is 59.4 Å². The van der Waals surface area contributed by atoms with Crippen molar-refractivity contribution in [3.05, 3.63) is 29.3 Å². The molecule has 1 N–H and O–H groups in total. The number of carbonyl (C=O) groups is 3. The minimum Gasteiger partial charge on any atom is -0.487 e. The number of nitrogens with one attached hydrogen (secondary N) is 1. The fraction of sp³-hybridized carbons (Fsp3) is 0.471. The summed E-state index contributed by atoms with van der Waals surface area (Å²) >= 11 is 5.91. The molecule has 0 unspecified atom stereocenters. The maximum Gasteiger partial charge on any atom is 0.324 e. The van der Waals surface area contributed by atoms with E-state index in [1.165, 1.54) is 4.90 Å². The van der Waals surface area contributed by atoms with Crippen molar-refractivity contribution < 1.29 is 19.1 Å². The van der Waals surface area contributed by atoms with Gasteiger partial charge in [0, 0.05) is 11.6 Å². The lowest BCUT2D eigenvalue weighted by Crippen LogP contribution is -2.57. The second-order valence-electron chi connectivity index (χ2n) is 6.19. The van der Waals surface area contributed by atoms with Crippen LogP contribution in [0, 0.1) is 0 Å². The largest absolute Gasteiger partial charge is 0.487 e. The molecular weight excluding hydrogens is 346 g/mol. The topological polar surface area (TPSA) is 79.0 Å². The van der Waals surface area contributed by atoms with E-state index in [2.05, 4.69) is 5.32 Å². The molecule has 0 spiro atoms. The van der Waals surface area contributed by atoms with Crippen molar-refractivity contribution in [3.8, 4) is 5.75 Å². The fourth-order valence-electron chi connectivity index (χ4n) is 2.90. The van der Waals surface area contributed by atoms with Crippen molar-refractivity contribution in [3.63, 3.8) is 0 Å². The zero-order valence-electron chi connectivity index (χ0n) is 13.9. The van der Waals surface area contributed by atoms with Gasteiger partial charge in [-0.05, 0) is 24.6 Å². The van der Waals surface area contributed by atoms with E-state index in [1.54, 1.807) is 23.1 Å². The van der Waals surface area contributed by atoms with Gasteiger partial charge in [0.15, 0.2) is 0 Å². The van der Waals surface area contributed by atoms with Gasteiger partial charge < -0.3 is 15.0 Å². The highest BCUT2D eigenvalue weighted by molar-refractivity contribution is 6.30. The van der Waals surface area contributed by atoms with Crippen molar-refractivity contribution in [2.45, 2.75) is 31.9 Å². The lowest BCUT2D eigenvalue weighted by Gasteiger charge is -2.39. The van der Waals surface area contributed by atoms with Gasteiger partial charge in [0.2, 0.25) is 5.91 Å². The van der Waals surface area contributed by atoms with Gasteiger partial charge in [-0.1, -0.05) is 24.6 Å². The van der Waals surface area contributed by atoms with Crippen molar-refractivity contribution >= 4 is 29.4 Å². The number of carbonyl (C=O) groups excluding carboxylic acids is 3. The summed E-state index contributed by atoms with van der Waals surface area (Å²) in [5.74, 6) is 0.174. The monoisotopic (exact) mass is 365 g/mol. The normalized spacial score (nSPS) is 20.5. The first-order valence-electron chi connectivity index (χ1n) is 8.29. The molecule has 0 aliphatic carbocycles. The Hall–Kier alpha value is -2.28. The highest BCUT2D eigenvalue weighted by Gasteiger charge is 2.41. The van der Waals surface area contributed by atoms with Crippen LogP contribution in [0.3, 0.4) is 0 Å². The average Bonchev–Trinajstić information content (AvgIpc) is 2.78. The fourth-order valence-corrected chi connectivity index (χ4v) is 3.08. The van der Waals surface area contributed by atoms with Gasteiger partial charge in [-0.3, -0.25) is 14.5 Å². The molecule has 2 aliphatic heterocycles. The smallest absolute Gasteiger partial charge is 0.324 e. The highest BCUT2D eigenvalue weighted by Crippen LogP contribution is 2.22. The standard InChI is InChI=1S/C17H20ClN3O4/c1-2-6-21-16(23)14(19-17(21)24)8-15(22)20-9-13(10-20)25-12-5-3-4-11(18)7-12/h3-5,7,13-14H,2,6,8-10H2,1H3,(H,19,24)/t14-/m1/s1. The Bertz CT molecular complexity index is 690. The highest BCUT2D eigenvalue weighted by atomic mass is 35.5. The maximum atomic E-state index is 12.3. The van der Waals surface area contributed by atoms with Gasteiger partial charge >= 0.3 is 6.03 Å². The van der Waals surface area contributed by atoms with Crippen LogP contribution in [0.1, 0.15) is 19.8 Å². The SMILES string of the molecule is CCCN1C(=O)N[C@H](CC(=O)N2CC(Oc3cccc(Cl)c3)C2)C1=O. The van der Waals surface area contributed by atoms with Gasteiger partial charge in [0.1, 0.15) is 17.9 Å². The van der Waals surface area contributed by atoms with E-state index < -0.39 is 12.1 Å². The van der Waals surface area contributed by atoms with Gasteiger partial charge in [0.05, 0.1) is 19.5 Å². The van der Waals surface area contributed by atoms with Crippen molar-refractivity contribution in [2.24, 2.45) is 0 Å². The minimum atomic E-state index is -0.764. The van der Waals surface area contributed by atoms with E-state index in [-0.39, 0.29) is 24.3 Å². The van der Waals surface area contributed by atoms with Crippen LogP contribution in [-0.2, 0) is 9.59 Å². The summed E-state index contributed by atoms with van der Waals surface area (Å²) in [6, 6.07) is 5.91. The molecule has 2 saturated heterocycles. The predicted molar refractivity (Wildman–Crippen MR) is 91.4 cm³/mol. The molecule has 2 fully saturated rings. The molecule has 3 rings (SSSR count). The first kappa shape index (κ1) is 17.5. The third kappa shape index (κ3) is 3.87. The number of nitrogens with zero attached hydrogens (tertiary/aromatic N) is 2. The Kier molecular flexibility index (Phi) is 5.13. The van der Waals surface area contributed by atoms with Crippen LogP contribution >= 0.6 is 11.6 Å². The molecule has 1 aromatic rings. The van der Waals surface area contributed by atoms with Crippen LogP contribution in [0.15, 0.2) is 24.3 Å². The molecule has 2 aliphatic rings. The summed E-state index contributed by atoms with van der Waals surface area (Å²) in [6.07, 6.45) is 0.580. The number of ether oxygens (including phenoxy) is 1. The first-order chi connectivity index (χ1) is 12.0. The van der Waals surface area contributed by atoms with E-state index in [4.69, 9.17) is 16.3 Å². The predicted octanol–water partition coefficient (Wildman–Crippen LogP) is 1.65. The van der Waals surface area contributed by atoms with Crippen molar-refractivity contribution in [1.29, 1.82) is 0 Å². The summed E-state index contributed by atoms with van der Waals surface area (Å²) in [5.41, 5.74) is 0. The van der Waals surface area contributed by atoms with Crippen LogP contribution in [0.5, 0.6) is 5.75 Å². The Morgan fingerprint density at radius 3 is 2.80 bits per heavy atom. The number of hydrogen-bond acceptors (Lipinski definition) is 4. The van der Waals surface area contributed by atoms with E-state index in [9.17, 15) is 14.4 Å². The van der Waals surface area contributed by atoms with E-state index in [1.807, 2.05) is 13.0 Å². The molecule has 134 valence electrons. The molecule has 1 atom stereocenters. The Balaban J connectivity index is 1.46. The van der Waals surface area contributed by atoms with Gasteiger partial charge in [-0.2, -0.15) is 0 Å². The number of rotatable bonds is 6. The third-order valence-electron chi connectivity index (χ3n) is 4.23. The number of amides is 4. The average molecular weight is 366 g/mol. The Labute approximate surface area is 150 Å². The zero-order valence-corrected chi connectivity index (χ0v) is 14.7. The van der Waals surface area contributed by atoms with Crippen LogP contribution in [0.4, 0.5) is 4.79 Å². The van der Waals surface area contributed by atoms with Crippen LogP contribution in [0.25, 0.3) is 0 Å². The number of imide groups is 1. The van der Waals surface area contributed by atoms with Crippen LogP contribution in [0.2, 0.25) is 5.02 Å². The molecule has 0 aromatic heterocycles. The molecule has 1 aromatic carbocycles. The van der Waals surface area contributed by atoms with Gasteiger partial charge in [-0.25, -0.2) is 4.79 Å². The summed E-state index contributed by atoms with van der Waals surface area (Å²) in [4.78, 5) is 38.9. The van der Waals surface area contributed by atoms with E-state index >= 15 is 0 Å². The van der Waals surface area contributed by atoms with E-state index in [0.29, 0.717) is 36.8 Å². The molecule has 8 heteroatoms. The molecule has 7 nitrogen and oxygen atoms in total. The quantitative estimate of drug-likeness (QED) is 0.777. The molecule has 4 amide bonds. The maximum absolute atomic E-state index is 12.3. The Morgan fingerprint density at radius 2 is 2.12 bits per heavy atom. The van der Waals surface area contributed by atoms with Gasteiger partial charge in [-0.15, -0.1) is 0 Å². The van der Waals surface area contributed by atoms with Crippen molar-refractivity contribution in [1.82, 2.24) is 15.1 Å². The lowest BCUT2D eigenvalue weighted by molar-refractivity contribution is -0.142. The van der Waals surface area contributed by atoms with Crippen molar-refractivity contribution in [2.75, 3.05) is 19.6 Å². The minimum absolute atomic E-state index is 0.0192. The summed E-state index contributed by atoms with van der Waals surface area (Å²) < 4.78 is 5.75. The van der Waals surface area contributed by atoms with E-state index in [0.717, 1.165) is 0 Å². The number of likely N-dealkylation sites (tertiary alicyclic amines) is 1. The summed E-state index contributed by atoms with van der Waals surface area (Å²) in [5, 5.41) is 3.17. The third-order valence-corrected chi connectivity index (χ3v) is 4.47. The number of urea groups is 1. The zero-order chi connectivity index (χ0) is 18.0. The van der Waals surface area contributed by atoms with Crippen LogP contribution < -0.4 is 10.1 Å². The molecule has 2 heterocycles. The lowest BCUT2D eigenvalue weighted by atomic mass is 10.1. The number of benzene rings is 1. The molecule has 25 heavy (non-hydrogen) atoms. The first-order valence-corrected chi connectivity index (χ1v) is 8.67. The second kappa shape index (κ2) is 7.31. The number of halogens is 1. The molecular formula is C17H20ClN3O4. The molecule has 0 radical (unpaired) electrons. The second-order valence-corrected chi connectivity index (χ2v) is 6.63.